The number of pyridine rings is 1. The molecule has 2 amide bonds. The van der Waals surface area contributed by atoms with Gasteiger partial charge in [0.2, 0.25) is 0 Å². The van der Waals surface area contributed by atoms with Crippen LogP contribution in [0.25, 0.3) is 32.7 Å². The molecule has 0 saturated carbocycles. The van der Waals surface area contributed by atoms with Gasteiger partial charge in [-0.25, -0.2) is 0 Å². The summed E-state index contributed by atoms with van der Waals surface area (Å²) in [5.74, 6) is -1.03. The Balaban J connectivity index is 0.000000633. The molecule has 0 aliphatic carbocycles. The maximum absolute atomic E-state index is 12.3. The summed E-state index contributed by atoms with van der Waals surface area (Å²) in [4.78, 5) is 32.1. The summed E-state index contributed by atoms with van der Waals surface area (Å²) in [5.41, 5.74) is 2.62. The number of hydrogen-bond acceptors (Lipinski definition) is 5. The van der Waals surface area contributed by atoms with Crippen LogP contribution in [0.5, 0.6) is 5.75 Å². The number of benzene rings is 2. The summed E-state index contributed by atoms with van der Waals surface area (Å²) < 4.78 is 0. The third-order valence-electron chi connectivity index (χ3n) is 4.27. The van der Waals surface area contributed by atoms with Gasteiger partial charge in [0.25, 0.3) is 11.8 Å². The number of carbonyl (C=O) groups excluding carboxylic acids is 2. The van der Waals surface area contributed by atoms with Crippen LogP contribution in [0.1, 0.15) is 20.7 Å². The molecule has 2 N–H and O–H groups in total. The van der Waals surface area contributed by atoms with Crippen LogP contribution < -0.4 is 10.4 Å². The number of nitrogens with one attached hydrogen (secondary N) is 2. The Bertz CT molecular complexity index is 1240. The molecule has 26 heavy (non-hydrogen) atoms. The predicted molar refractivity (Wildman–Crippen MR) is 87.3 cm³/mol. The molecule has 0 bridgehead atoms. The average Bonchev–Trinajstić information content (AvgIpc) is 3.14. The fourth-order valence-corrected chi connectivity index (χ4v) is 3.37. The summed E-state index contributed by atoms with van der Waals surface area (Å²) in [6, 6.07) is 8.10. The molecule has 2 aromatic heterocycles. The normalized spacial score (nSPS) is 12.4. The second-order valence-electron chi connectivity index (χ2n) is 5.52. The Morgan fingerprint density at radius 1 is 1.04 bits per heavy atom. The molecule has 0 saturated heterocycles. The van der Waals surface area contributed by atoms with E-state index in [1.807, 2.05) is 0 Å². The quantitative estimate of drug-likeness (QED) is 0.251. The van der Waals surface area contributed by atoms with Crippen molar-refractivity contribution in [3.63, 3.8) is 0 Å². The van der Waals surface area contributed by atoms with Crippen molar-refractivity contribution in [1.29, 1.82) is 5.26 Å². The molecule has 8 heteroatoms. The van der Waals surface area contributed by atoms with E-state index in [0.29, 0.717) is 38.3 Å². The number of aromatic nitrogens is 2. The minimum atomic E-state index is -0.446. The first-order chi connectivity index (χ1) is 12.1. The van der Waals surface area contributed by atoms with E-state index in [1.54, 1.807) is 24.4 Å². The van der Waals surface area contributed by atoms with E-state index >= 15 is 0 Å². The van der Waals surface area contributed by atoms with Crippen molar-refractivity contribution in [2.24, 2.45) is 0 Å². The average molecular weight is 429 g/mol. The molecule has 4 aromatic rings. The van der Waals surface area contributed by atoms with E-state index < -0.39 is 11.8 Å². The monoisotopic (exact) mass is 430 g/mol. The van der Waals surface area contributed by atoms with Crippen molar-refractivity contribution in [2.75, 3.05) is 0 Å². The largest absolute Gasteiger partial charge is 2.00 e. The standard InChI is InChI=1S/C17H9N3O3.CN.Ru/c21-7-3-4-10-9(6-7)11-13-12(16(22)20-17(13)23)8-2-1-5-18-14(8)15(11)19-10;1-2;/h1-6,19,21H,(H,20,22,23);;/q;-1;+2/p-1. The van der Waals surface area contributed by atoms with E-state index in [1.165, 1.54) is 12.1 Å². The number of nitrogens with zero attached hydrogens (tertiary/aromatic N) is 2. The van der Waals surface area contributed by atoms with E-state index in [2.05, 4.69) is 15.3 Å². The molecule has 0 atom stereocenters. The van der Waals surface area contributed by atoms with E-state index in [4.69, 9.17) is 11.8 Å². The van der Waals surface area contributed by atoms with Crippen molar-refractivity contribution >= 4 is 44.5 Å². The minimum absolute atomic E-state index is 0. The molecular weight excluding hydrogens is 421 g/mol. The minimum Gasteiger partial charge on any atom is -0.872 e. The van der Waals surface area contributed by atoms with Crippen LogP contribution in [0.4, 0.5) is 0 Å². The number of hydrogen-bond donors (Lipinski definition) is 2. The second-order valence-corrected chi connectivity index (χ2v) is 5.52. The third kappa shape index (κ3) is 2.18. The second kappa shape index (κ2) is 6.21. The van der Waals surface area contributed by atoms with Crippen LogP contribution >= 0.6 is 0 Å². The van der Waals surface area contributed by atoms with Crippen LogP contribution in [-0.4, -0.2) is 21.8 Å². The van der Waals surface area contributed by atoms with Crippen molar-refractivity contribution in [3.05, 3.63) is 54.2 Å². The van der Waals surface area contributed by atoms with Gasteiger partial charge in [0.1, 0.15) is 0 Å². The third-order valence-corrected chi connectivity index (χ3v) is 4.27. The number of imide groups is 1. The van der Waals surface area contributed by atoms with Gasteiger partial charge >= 0.3 is 19.5 Å². The van der Waals surface area contributed by atoms with Crippen LogP contribution in [0.15, 0.2) is 36.5 Å². The van der Waals surface area contributed by atoms with E-state index in [0.717, 1.165) is 5.52 Å². The van der Waals surface area contributed by atoms with Gasteiger partial charge in [-0.1, -0.05) is 18.2 Å². The number of H-pyrrole nitrogens is 1. The molecule has 2 aromatic carbocycles. The smallest absolute Gasteiger partial charge is 0.872 e. The Kier molecular flexibility index (Phi) is 4.19. The number of fused-ring (bicyclic) bond motifs is 8. The van der Waals surface area contributed by atoms with E-state index in [-0.39, 0.29) is 25.2 Å². The SMILES string of the molecule is O=C1NC(=O)c2c1c1cccnc1c1[nH]c3ccc([O-])cc3c21.[C-]#N.[Ru+2]. The first kappa shape index (κ1) is 17.5. The zero-order valence-corrected chi connectivity index (χ0v) is 14.7. The molecule has 1 aliphatic heterocycles. The predicted octanol–water partition coefficient (Wildman–Crippen LogP) is 1.92. The van der Waals surface area contributed by atoms with Crippen molar-refractivity contribution in [1.82, 2.24) is 15.3 Å². The topological polar surface area (TPSA) is 122 Å². The van der Waals surface area contributed by atoms with Gasteiger partial charge in [0.15, 0.2) is 0 Å². The van der Waals surface area contributed by atoms with Gasteiger partial charge in [-0.15, -0.1) is 5.75 Å². The van der Waals surface area contributed by atoms with Crippen LogP contribution in [0.2, 0.25) is 0 Å². The molecule has 0 fully saturated rings. The zero-order chi connectivity index (χ0) is 17.7. The molecular formula is C18H8N4O3Ru. The molecule has 0 spiro atoms. The Labute approximate surface area is 159 Å². The fraction of sp³-hybridized carbons (Fsp3) is 0. The summed E-state index contributed by atoms with van der Waals surface area (Å²) in [7, 11) is 0. The zero-order valence-electron chi connectivity index (χ0n) is 12.9. The van der Waals surface area contributed by atoms with Crippen LogP contribution in [-0.2, 0) is 19.5 Å². The molecule has 126 valence electrons. The van der Waals surface area contributed by atoms with E-state index in [9.17, 15) is 14.7 Å². The summed E-state index contributed by atoms with van der Waals surface area (Å²) in [5, 5.41) is 22.1. The van der Waals surface area contributed by atoms with Gasteiger partial charge in [-0.3, -0.25) is 19.9 Å². The van der Waals surface area contributed by atoms with Crippen LogP contribution in [0, 0.1) is 11.8 Å². The molecule has 5 rings (SSSR count). The molecule has 1 aliphatic rings. The Hall–Kier alpha value is -3.30. The number of rotatable bonds is 0. The molecule has 3 heterocycles. The van der Waals surface area contributed by atoms with Gasteiger partial charge < -0.3 is 21.9 Å². The Morgan fingerprint density at radius 2 is 1.77 bits per heavy atom. The molecule has 0 unspecified atom stereocenters. The first-order valence-corrected chi connectivity index (χ1v) is 7.26. The number of amides is 2. The maximum Gasteiger partial charge on any atom is 2.00 e. The molecule has 0 radical (unpaired) electrons. The fourth-order valence-electron chi connectivity index (χ4n) is 3.37. The van der Waals surface area contributed by atoms with Crippen molar-refractivity contribution in [3.8, 4) is 5.75 Å². The maximum atomic E-state index is 12.3. The number of carbonyl (C=O) groups is 2. The summed E-state index contributed by atoms with van der Waals surface area (Å²) in [6.45, 7) is 4.75. The Morgan fingerprint density at radius 3 is 2.54 bits per heavy atom. The van der Waals surface area contributed by atoms with Crippen molar-refractivity contribution in [2.45, 2.75) is 0 Å². The number of aromatic amines is 1. The summed E-state index contributed by atoms with van der Waals surface area (Å²) >= 11 is 0. The van der Waals surface area contributed by atoms with Crippen LogP contribution in [0.3, 0.4) is 0 Å². The van der Waals surface area contributed by atoms with Gasteiger partial charge in [0.05, 0.1) is 22.2 Å². The van der Waals surface area contributed by atoms with Gasteiger partial charge in [0, 0.05) is 27.9 Å². The summed E-state index contributed by atoms with van der Waals surface area (Å²) in [6.07, 6.45) is 1.63. The van der Waals surface area contributed by atoms with Crippen molar-refractivity contribution < 1.29 is 34.2 Å². The molecule has 7 nitrogen and oxygen atoms in total. The van der Waals surface area contributed by atoms with Gasteiger partial charge in [-0.2, -0.15) is 0 Å². The first-order valence-electron chi connectivity index (χ1n) is 7.26. The van der Waals surface area contributed by atoms with Gasteiger partial charge in [-0.05, 0) is 12.1 Å².